The molecule has 26 heavy (non-hydrogen) atoms. The molecule has 0 aromatic heterocycles. The Bertz CT molecular complexity index is 868. The second-order valence-electron chi connectivity index (χ2n) is 6.73. The molecule has 4 rings (SSSR count). The largest absolute Gasteiger partial charge is 0.345 e. The summed E-state index contributed by atoms with van der Waals surface area (Å²) in [6.07, 6.45) is 3.64. The minimum Gasteiger partial charge on any atom is -0.345 e. The number of rotatable bonds is 3. The van der Waals surface area contributed by atoms with Crippen LogP contribution in [0.3, 0.4) is 0 Å². The van der Waals surface area contributed by atoms with Crippen molar-refractivity contribution in [3.05, 3.63) is 64.7 Å². The summed E-state index contributed by atoms with van der Waals surface area (Å²) in [7, 11) is 0. The molecule has 0 saturated carbocycles. The molecular weight excluding hydrogens is 348 g/mol. The van der Waals surface area contributed by atoms with Gasteiger partial charge in [-0.25, -0.2) is 5.48 Å². The number of carbonyl (C=O) groups is 2. The number of aryl methyl sites for hydroxylation is 1. The van der Waals surface area contributed by atoms with Crippen molar-refractivity contribution in [1.82, 2.24) is 10.8 Å². The molecule has 0 radical (unpaired) electrons. The molecule has 3 N–H and O–H groups in total. The van der Waals surface area contributed by atoms with Crippen LogP contribution in [-0.4, -0.2) is 22.3 Å². The average molecular weight is 368 g/mol. The summed E-state index contributed by atoms with van der Waals surface area (Å²) in [4.78, 5) is 25.3. The highest BCUT2D eigenvalue weighted by Crippen LogP contribution is 2.38. The van der Waals surface area contributed by atoms with E-state index in [1.165, 1.54) is 22.9 Å². The number of hydrogen-bond donors (Lipinski definition) is 3. The second kappa shape index (κ2) is 7.13. The molecule has 1 aliphatic heterocycles. The molecule has 0 bridgehead atoms. The number of amides is 2. The van der Waals surface area contributed by atoms with Gasteiger partial charge in [0, 0.05) is 10.5 Å². The molecule has 2 atom stereocenters. The van der Waals surface area contributed by atoms with E-state index in [0.29, 0.717) is 12.0 Å². The van der Waals surface area contributed by atoms with Gasteiger partial charge < -0.3 is 5.32 Å². The van der Waals surface area contributed by atoms with Gasteiger partial charge in [0.25, 0.3) is 11.8 Å². The van der Waals surface area contributed by atoms with E-state index in [4.69, 9.17) is 5.21 Å². The lowest BCUT2D eigenvalue weighted by Crippen LogP contribution is -2.31. The monoisotopic (exact) mass is 368 g/mol. The van der Waals surface area contributed by atoms with Crippen LogP contribution in [0, 0.1) is 0 Å². The van der Waals surface area contributed by atoms with Crippen LogP contribution in [0.1, 0.15) is 45.9 Å². The number of nitrogens with one attached hydrogen (secondary N) is 2. The molecule has 2 aromatic carbocycles. The van der Waals surface area contributed by atoms with Crippen LogP contribution < -0.4 is 10.8 Å². The Morgan fingerprint density at radius 1 is 1.12 bits per heavy atom. The van der Waals surface area contributed by atoms with Gasteiger partial charge >= 0.3 is 0 Å². The van der Waals surface area contributed by atoms with Crippen molar-refractivity contribution in [2.45, 2.75) is 41.9 Å². The molecule has 134 valence electrons. The molecular formula is C20H20N2O3S. The Kier molecular flexibility index (Phi) is 4.70. The van der Waals surface area contributed by atoms with E-state index in [-0.39, 0.29) is 17.2 Å². The van der Waals surface area contributed by atoms with Crippen molar-refractivity contribution < 1.29 is 14.8 Å². The van der Waals surface area contributed by atoms with E-state index < -0.39 is 5.91 Å². The van der Waals surface area contributed by atoms with Gasteiger partial charge in [0.15, 0.2) is 0 Å². The standard InChI is InChI=1S/C20H20N2O3S/c23-19(21-16-7-3-5-12-4-1-2-6-15(12)16)14-9-8-13-10-18(20(24)22-25)26-17(13)11-14/h1-2,4,6,8-9,11,16,18,25H,3,5,7,10H2,(H,21,23)(H,22,24). The Hall–Kier alpha value is -2.31. The van der Waals surface area contributed by atoms with Crippen molar-refractivity contribution in [3.63, 3.8) is 0 Å². The fraction of sp³-hybridized carbons (Fsp3) is 0.300. The molecule has 0 saturated heterocycles. The molecule has 5 nitrogen and oxygen atoms in total. The summed E-state index contributed by atoms with van der Waals surface area (Å²) in [5.74, 6) is -0.499. The molecule has 1 aliphatic carbocycles. The molecule has 2 amide bonds. The number of benzene rings is 2. The molecule has 0 fully saturated rings. The fourth-order valence-corrected chi connectivity index (χ4v) is 4.96. The SMILES string of the molecule is O=C(NC1CCCc2ccccc21)c1ccc2c(c1)SC(C(=O)NO)C2. The van der Waals surface area contributed by atoms with Crippen molar-refractivity contribution >= 4 is 23.6 Å². The van der Waals surface area contributed by atoms with E-state index in [0.717, 1.165) is 29.7 Å². The van der Waals surface area contributed by atoms with E-state index in [1.54, 1.807) is 5.48 Å². The first kappa shape index (κ1) is 17.1. The first-order chi connectivity index (χ1) is 12.7. The molecule has 1 heterocycles. The van der Waals surface area contributed by atoms with Gasteiger partial charge in [-0.2, -0.15) is 0 Å². The quantitative estimate of drug-likeness (QED) is 0.575. The van der Waals surface area contributed by atoms with Crippen molar-refractivity contribution in [2.75, 3.05) is 0 Å². The summed E-state index contributed by atoms with van der Waals surface area (Å²) < 4.78 is 0. The van der Waals surface area contributed by atoms with Crippen molar-refractivity contribution in [2.24, 2.45) is 0 Å². The molecule has 2 unspecified atom stereocenters. The van der Waals surface area contributed by atoms with Gasteiger partial charge in [-0.3, -0.25) is 14.8 Å². The lowest BCUT2D eigenvalue weighted by atomic mass is 9.87. The van der Waals surface area contributed by atoms with Gasteiger partial charge in [0.1, 0.15) is 0 Å². The predicted molar refractivity (Wildman–Crippen MR) is 99.3 cm³/mol. The lowest BCUT2D eigenvalue weighted by molar-refractivity contribution is -0.128. The van der Waals surface area contributed by atoms with Gasteiger partial charge in [-0.15, -0.1) is 11.8 Å². The van der Waals surface area contributed by atoms with E-state index >= 15 is 0 Å². The minimum atomic E-state index is -0.406. The van der Waals surface area contributed by atoms with Gasteiger partial charge in [-0.05, 0) is 54.5 Å². The Labute approximate surface area is 156 Å². The van der Waals surface area contributed by atoms with Crippen LogP contribution in [0.4, 0.5) is 0 Å². The first-order valence-electron chi connectivity index (χ1n) is 8.78. The zero-order valence-electron chi connectivity index (χ0n) is 14.2. The fourth-order valence-electron chi connectivity index (χ4n) is 3.73. The lowest BCUT2D eigenvalue weighted by Gasteiger charge is -2.26. The molecule has 0 spiro atoms. The summed E-state index contributed by atoms with van der Waals surface area (Å²) >= 11 is 1.38. The summed E-state index contributed by atoms with van der Waals surface area (Å²) in [6, 6.07) is 13.9. The van der Waals surface area contributed by atoms with Crippen LogP contribution in [0.25, 0.3) is 0 Å². The zero-order chi connectivity index (χ0) is 18.1. The van der Waals surface area contributed by atoms with Gasteiger partial charge in [-0.1, -0.05) is 30.3 Å². The highest BCUT2D eigenvalue weighted by Gasteiger charge is 2.29. The normalized spacial score (nSPS) is 20.8. The highest BCUT2D eigenvalue weighted by atomic mass is 32.2. The maximum atomic E-state index is 12.8. The number of thioether (sulfide) groups is 1. The van der Waals surface area contributed by atoms with Crippen LogP contribution in [0.5, 0.6) is 0 Å². The Balaban J connectivity index is 1.50. The maximum absolute atomic E-state index is 12.8. The second-order valence-corrected chi connectivity index (χ2v) is 7.97. The molecule has 6 heteroatoms. The van der Waals surface area contributed by atoms with E-state index in [1.807, 2.05) is 30.3 Å². The average Bonchev–Trinajstić information content (AvgIpc) is 3.11. The third-order valence-corrected chi connectivity index (χ3v) is 6.38. The molecule has 2 aromatic rings. The topological polar surface area (TPSA) is 78.4 Å². The number of hydrogen-bond acceptors (Lipinski definition) is 4. The van der Waals surface area contributed by atoms with Crippen LogP contribution in [0.2, 0.25) is 0 Å². The minimum absolute atomic E-state index is 0.0428. The van der Waals surface area contributed by atoms with E-state index in [9.17, 15) is 9.59 Å². The molecule has 2 aliphatic rings. The number of hydroxylamine groups is 1. The van der Waals surface area contributed by atoms with Crippen LogP contribution in [-0.2, 0) is 17.6 Å². The predicted octanol–water partition coefficient (Wildman–Crippen LogP) is 3.02. The maximum Gasteiger partial charge on any atom is 0.257 e. The smallest absolute Gasteiger partial charge is 0.257 e. The number of fused-ring (bicyclic) bond motifs is 2. The Morgan fingerprint density at radius 3 is 2.81 bits per heavy atom. The van der Waals surface area contributed by atoms with Gasteiger partial charge in [0.05, 0.1) is 11.3 Å². The third-order valence-electron chi connectivity index (χ3n) is 5.08. The zero-order valence-corrected chi connectivity index (χ0v) is 15.0. The van der Waals surface area contributed by atoms with Crippen molar-refractivity contribution in [3.8, 4) is 0 Å². The third kappa shape index (κ3) is 3.22. The summed E-state index contributed by atoms with van der Waals surface area (Å²) in [6.45, 7) is 0. The van der Waals surface area contributed by atoms with Crippen LogP contribution in [0.15, 0.2) is 47.4 Å². The number of carbonyl (C=O) groups excluding carboxylic acids is 2. The summed E-state index contributed by atoms with van der Waals surface area (Å²) in [5.41, 5.74) is 5.86. The van der Waals surface area contributed by atoms with Gasteiger partial charge in [0.2, 0.25) is 0 Å². The highest BCUT2D eigenvalue weighted by molar-refractivity contribution is 8.01. The van der Waals surface area contributed by atoms with Crippen LogP contribution >= 0.6 is 11.8 Å². The first-order valence-corrected chi connectivity index (χ1v) is 9.66. The van der Waals surface area contributed by atoms with Crippen molar-refractivity contribution in [1.29, 1.82) is 0 Å². The summed E-state index contributed by atoms with van der Waals surface area (Å²) in [5, 5.41) is 11.6. The Morgan fingerprint density at radius 2 is 1.96 bits per heavy atom. The van der Waals surface area contributed by atoms with E-state index in [2.05, 4.69) is 17.4 Å².